The highest BCUT2D eigenvalue weighted by Gasteiger charge is 2.10. The molecule has 0 fully saturated rings. The maximum atomic E-state index is 13.4. The Labute approximate surface area is 103 Å². The first-order valence-corrected chi connectivity index (χ1v) is 6.26. The molecule has 0 spiro atoms. The second-order valence-electron chi connectivity index (χ2n) is 3.81. The van der Waals surface area contributed by atoms with Crippen LogP contribution in [0.25, 0.3) is 0 Å². The van der Waals surface area contributed by atoms with Crippen molar-refractivity contribution in [2.75, 3.05) is 11.9 Å². The Balaban J connectivity index is 2.74. The van der Waals surface area contributed by atoms with Crippen molar-refractivity contribution in [3.05, 3.63) is 28.2 Å². The summed E-state index contributed by atoms with van der Waals surface area (Å²) in [6.45, 7) is 4.91. The minimum Gasteiger partial charge on any atom is -0.381 e. The number of benzene rings is 1. The van der Waals surface area contributed by atoms with Crippen molar-refractivity contribution in [3.63, 3.8) is 0 Å². The third kappa shape index (κ3) is 3.44. The summed E-state index contributed by atoms with van der Waals surface area (Å²) in [5.74, 6) is -0.619. The highest BCUT2D eigenvalue weighted by atomic mass is 79.9. The van der Waals surface area contributed by atoms with Gasteiger partial charge in [0.05, 0.1) is 5.69 Å². The summed E-state index contributed by atoms with van der Waals surface area (Å²) in [5.41, 5.74) is 0.341. The van der Waals surface area contributed by atoms with Crippen LogP contribution in [0.3, 0.4) is 0 Å². The molecule has 4 heteroatoms. The van der Waals surface area contributed by atoms with Crippen molar-refractivity contribution in [2.45, 2.75) is 26.7 Å². The smallest absolute Gasteiger partial charge is 0.150 e. The van der Waals surface area contributed by atoms with Crippen LogP contribution in [0.2, 0.25) is 0 Å². The topological polar surface area (TPSA) is 12.0 Å². The highest BCUT2D eigenvalue weighted by molar-refractivity contribution is 9.10. The monoisotopic (exact) mass is 291 g/mol. The zero-order valence-electron chi connectivity index (χ0n) is 9.49. The summed E-state index contributed by atoms with van der Waals surface area (Å²) >= 11 is 3.15. The summed E-state index contributed by atoms with van der Waals surface area (Å²) < 4.78 is 26.7. The maximum absolute atomic E-state index is 13.4. The Hall–Kier alpha value is -0.640. The summed E-state index contributed by atoms with van der Waals surface area (Å²) in [7, 11) is 0. The van der Waals surface area contributed by atoms with Crippen molar-refractivity contribution in [1.29, 1.82) is 0 Å². The standard InChI is InChI=1S/C12H16BrF2N/c1-3-8(4-2)7-16-12-10(13)5-9(14)6-11(12)15/h5-6,8,16H,3-4,7H2,1-2H3. The lowest BCUT2D eigenvalue weighted by Crippen LogP contribution is -2.14. The van der Waals surface area contributed by atoms with Crippen molar-refractivity contribution in [2.24, 2.45) is 5.92 Å². The van der Waals surface area contributed by atoms with Gasteiger partial charge >= 0.3 is 0 Å². The number of nitrogens with one attached hydrogen (secondary N) is 1. The van der Waals surface area contributed by atoms with Crippen LogP contribution < -0.4 is 5.32 Å². The Morgan fingerprint density at radius 3 is 2.38 bits per heavy atom. The average molecular weight is 292 g/mol. The van der Waals surface area contributed by atoms with E-state index in [9.17, 15) is 8.78 Å². The molecule has 0 atom stereocenters. The molecule has 16 heavy (non-hydrogen) atoms. The fourth-order valence-electron chi connectivity index (χ4n) is 1.53. The van der Waals surface area contributed by atoms with Crippen molar-refractivity contribution < 1.29 is 8.78 Å². The van der Waals surface area contributed by atoms with Gasteiger partial charge in [0.2, 0.25) is 0 Å². The van der Waals surface area contributed by atoms with E-state index in [-0.39, 0.29) is 0 Å². The van der Waals surface area contributed by atoms with Crippen LogP contribution in [0.5, 0.6) is 0 Å². The molecule has 1 nitrogen and oxygen atoms in total. The predicted octanol–water partition coefficient (Wildman–Crippen LogP) is 4.58. The maximum Gasteiger partial charge on any atom is 0.150 e. The van der Waals surface area contributed by atoms with Crippen LogP contribution in [0, 0.1) is 17.6 Å². The van der Waals surface area contributed by atoms with Gasteiger partial charge in [-0.2, -0.15) is 0 Å². The van der Waals surface area contributed by atoms with E-state index in [0.29, 0.717) is 22.6 Å². The lowest BCUT2D eigenvalue weighted by molar-refractivity contribution is 0.516. The molecule has 90 valence electrons. The largest absolute Gasteiger partial charge is 0.381 e. The Morgan fingerprint density at radius 1 is 1.25 bits per heavy atom. The van der Waals surface area contributed by atoms with Gasteiger partial charge in [-0.25, -0.2) is 8.78 Å². The van der Waals surface area contributed by atoms with Crippen LogP contribution in [0.4, 0.5) is 14.5 Å². The normalized spacial score (nSPS) is 10.9. The number of hydrogen-bond donors (Lipinski definition) is 1. The van der Waals surface area contributed by atoms with Gasteiger partial charge in [-0.3, -0.25) is 0 Å². The lowest BCUT2D eigenvalue weighted by Gasteiger charge is -2.15. The van der Waals surface area contributed by atoms with Gasteiger partial charge in [-0.05, 0) is 27.9 Å². The average Bonchev–Trinajstić information content (AvgIpc) is 2.22. The molecule has 0 aliphatic heterocycles. The Bertz CT molecular complexity index is 328. The van der Waals surface area contributed by atoms with Gasteiger partial charge in [-0.15, -0.1) is 0 Å². The molecule has 1 N–H and O–H groups in total. The zero-order valence-corrected chi connectivity index (χ0v) is 11.1. The minimum absolute atomic E-state index is 0.341. The first kappa shape index (κ1) is 13.4. The molecule has 0 unspecified atom stereocenters. The molecule has 0 amide bonds. The van der Waals surface area contributed by atoms with Gasteiger partial charge in [0.15, 0.2) is 0 Å². The Morgan fingerprint density at radius 2 is 1.88 bits per heavy atom. The van der Waals surface area contributed by atoms with Gasteiger partial charge in [-0.1, -0.05) is 26.7 Å². The van der Waals surface area contributed by atoms with Crippen molar-refractivity contribution in [1.82, 2.24) is 0 Å². The van der Waals surface area contributed by atoms with Crippen LogP contribution in [0.1, 0.15) is 26.7 Å². The quantitative estimate of drug-likeness (QED) is 0.838. The van der Waals surface area contributed by atoms with Gasteiger partial charge in [0, 0.05) is 17.1 Å². The third-order valence-electron chi connectivity index (χ3n) is 2.73. The second-order valence-corrected chi connectivity index (χ2v) is 4.66. The molecule has 1 aromatic carbocycles. The van der Waals surface area contributed by atoms with E-state index in [4.69, 9.17) is 0 Å². The van der Waals surface area contributed by atoms with Gasteiger partial charge in [0.1, 0.15) is 11.6 Å². The summed E-state index contributed by atoms with van der Waals surface area (Å²) in [4.78, 5) is 0. The fourth-order valence-corrected chi connectivity index (χ4v) is 2.08. The van der Waals surface area contributed by atoms with E-state index < -0.39 is 11.6 Å². The highest BCUT2D eigenvalue weighted by Crippen LogP contribution is 2.27. The number of hydrogen-bond acceptors (Lipinski definition) is 1. The van der Waals surface area contributed by atoms with Gasteiger partial charge in [0.25, 0.3) is 0 Å². The van der Waals surface area contributed by atoms with Crippen LogP contribution >= 0.6 is 15.9 Å². The van der Waals surface area contributed by atoms with Crippen LogP contribution in [-0.4, -0.2) is 6.54 Å². The van der Waals surface area contributed by atoms with Crippen LogP contribution in [0.15, 0.2) is 16.6 Å². The number of rotatable bonds is 5. The SMILES string of the molecule is CCC(CC)CNc1c(F)cc(F)cc1Br. The molecular formula is C12H16BrF2N. The molecule has 0 radical (unpaired) electrons. The predicted molar refractivity (Wildman–Crippen MR) is 66.6 cm³/mol. The molecule has 0 saturated heterocycles. The second kappa shape index (κ2) is 6.18. The summed E-state index contributed by atoms with van der Waals surface area (Å²) in [6, 6.07) is 2.15. The van der Waals surface area contributed by atoms with Crippen molar-refractivity contribution in [3.8, 4) is 0 Å². The molecule has 0 aliphatic carbocycles. The van der Waals surface area contributed by atoms with E-state index >= 15 is 0 Å². The molecule has 0 bridgehead atoms. The van der Waals surface area contributed by atoms with Crippen LogP contribution in [-0.2, 0) is 0 Å². The summed E-state index contributed by atoms with van der Waals surface area (Å²) in [6.07, 6.45) is 2.09. The first-order valence-electron chi connectivity index (χ1n) is 5.46. The minimum atomic E-state index is -0.572. The van der Waals surface area contributed by atoms with Crippen molar-refractivity contribution >= 4 is 21.6 Å². The molecule has 0 aromatic heterocycles. The Kier molecular flexibility index (Phi) is 5.19. The van der Waals surface area contributed by atoms with E-state index in [1.165, 1.54) is 6.07 Å². The van der Waals surface area contributed by atoms with E-state index in [0.717, 1.165) is 18.9 Å². The molecule has 1 rings (SSSR count). The fraction of sp³-hybridized carbons (Fsp3) is 0.500. The number of anilines is 1. The van der Waals surface area contributed by atoms with E-state index in [1.54, 1.807) is 0 Å². The van der Waals surface area contributed by atoms with Gasteiger partial charge < -0.3 is 5.32 Å². The van der Waals surface area contributed by atoms with E-state index in [1.807, 2.05) is 0 Å². The summed E-state index contributed by atoms with van der Waals surface area (Å²) in [5, 5.41) is 3.02. The third-order valence-corrected chi connectivity index (χ3v) is 3.35. The molecule has 0 saturated carbocycles. The molecular weight excluding hydrogens is 276 g/mol. The lowest BCUT2D eigenvalue weighted by atomic mass is 10.0. The molecule has 0 aliphatic rings. The molecule has 1 aromatic rings. The molecule has 0 heterocycles. The van der Waals surface area contributed by atoms with E-state index in [2.05, 4.69) is 35.1 Å². The zero-order chi connectivity index (χ0) is 12.1. The first-order chi connectivity index (χ1) is 7.58. The number of halogens is 3.